The Hall–Kier alpha value is -0.480. The molecule has 0 amide bonds. The minimum Gasteiger partial charge on any atom is -0.226 e. The molecule has 0 bridgehead atoms. The third kappa shape index (κ3) is 1.28. The standard InChI is InChI=1S/C7H8N2S2/c1-10-6-2-3-9-4-5-11-7(9)8-6/h2,4-5H,3H2,1H3/p+1. The molecule has 0 saturated carbocycles. The summed E-state index contributed by atoms with van der Waals surface area (Å²) in [6, 6.07) is 0. The SMILES string of the molecule is CSC1=CC[n+]2ccsc2N1. The molecule has 0 aromatic carbocycles. The number of allylic oxidation sites excluding steroid dienone is 1. The summed E-state index contributed by atoms with van der Waals surface area (Å²) >= 11 is 3.50. The molecule has 1 aliphatic rings. The van der Waals surface area contributed by atoms with Crippen LogP contribution in [0.2, 0.25) is 0 Å². The Morgan fingerprint density at radius 3 is 3.45 bits per heavy atom. The van der Waals surface area contributed by atoms with E-state index >= 15 is 0 Å². The van der Waals surface area contributed by atoms with E-state index in [0.29, 0.717) is 0 Å². The van der Waals surface area contributed by atoms with Crippen molar-refractivity contribution in [2.75, 3.05) is 11.6 Å². The van der Waals surface area contributed by atoms with Gasteiger partial charge in [0.2, 0.25) is 0 Å². The van der Waals surface area contributed by atoms with Crippen molar-refractivity contribution in [3.05, 3.63) is 22.7 Å². The van der Waals surface area contributed by atoms with Gasteiger partial charge < -0.3 is 0 Å². The molecule has 0 radical (unpaired) electrons. The topological polar surface area (TPSA) is 15.9 Å². The maximum atomic E-state index is 3.33. The van der Waals surface area contributed by atoms with Crippen molar-refractivity contribution in [2.45, 2.75) is 6.54 Å². The first-order chi connectivity index (χ1) is 5.40. The summed E-state index contributed by atoms with van der Waals surface area (Å²) in [5.41, 5.74) is 0. The number of fused-ring (bicyclic) bond motifs is 1. The second-order valence-corrected chi connectivity index (χ2v) is 4.00. The lowest BCUT2D eigenvalue weighted by Crippen LogP contribution is -2.36. The van der Waals surface area contributed by atoms with Crippen LogP contribution in [0.3, 0.4) is 0 Å². The average molecular weight is 185 g/mol. The van der Waals surface area contributed by atoms with Gasteiger partial charge in [0.15, 0.2) is 5.03 Å². The molecule has 0 fully saturated rings. The van der Waals surface area contributed by atoms with Gasteiger partial charge in [0.25, 0.3) is 0 Å². The molecular weight excluding hydrogens is 176 g/mol. The van der Waals surface area contributed by atoms with Gasteiger partial charge >= 0.3 is 5.13 Å². The second kappa shape index (κ2) is 2.87. The molecule has 1 aromatic rings. The molecule has 0 saturated heterocycles. The van der Waals surface area contributed by atoms with Crippen LogP contribution < -0.4 is 9.88 Å². The van der Waals surface area contributed by atoms with Crippen LogP contribution in [0.5, 0.6) is 0 Å². The van der Waals surface area contributed by atoms with Crippen LogP contribution in [0.15, 0.2) is 22.7 Å². The lowest BCUT2D eigenvalue weighted by molar-refractivity contribution is -0.670. The van der Waals surface area contributed by atoms with Crippen LogP contribution in [0.25, 0.3) is 0 Å². The Bertz CT molecular complexity index is 290. The number of thioether (sulfide) groups is 1. The maximum Gasteiger partial charge on any atom is 0.339 e. The Labute approximate surface area is 73.9 Å². The van der Waals surface area contributed by atoms with E-state index in [0.717, 1.165) is 6.54 Å². The molecule has 0 spiro atoms. The quantitative estimate of drug-likeness (QED) is 0.670. The van der Waals surface area contributed by atoms with Gasteiger partial charge in [-0.15, -0.1) is 0 Å². The van der Waals surface area contributed by atoms with Gasteiger partial charge in [-0.3, -0.25) is 0 Å². The second-order valence-electron chi connectivity index (χ2n) is 2.26. The summed E-state index contributed by atoms with van der Waals surface area (Å²) < 4.78 is 2.20. The summed E-state index contributed by atoms with van der Waals surface area (Å²) in [7, 11) is 0. The molecule has 4 heteroatoms. The Kier molecular flexibility index (Phi) is 1.87. The number of aromatic nitrogens is 1. The van der Waals surface area contributed by atoms with Crippen LogP contribution >= 0.6 is 23.1 Å². The lowest BCUT2D eigenvalue weighted by Gasteiger charge is -2.06. The molecule has 0 atom stereocenters. The molecule has 1 aromatic heterocycles. The highest BCUT2D eigenvalue weighted by Crippen LogP contribution is 2.20. The van der Waals surface area contributed by atoms with Crippen molar-refractivity contribution >= 4 is 28.2 Å². The van der Waals surface area contributed by atoms with Crippen LogP contribution in [0.4, 0.5) is 5.13 Å². The van der Waals surface area contributed by atoms with Gasteiger partial charge in [-0.25, -0.2) is 9.88 Å². The largest absolute Gasteiger partial charge is 0.339 e. The number of hydrogen-bond acceptors (Lipinski definition) is 3. The number of rotatable bonds is 1. The summed E-state index contributed by atoms with van der Waals surface area (Å²) in [5.74, 6) is 0. The molecule has 58 valence electrons. The fraction of sp³-hybridized carbons (Fsp3) is 0.286. The van der Waals surface area contributed by atoms with Crippen molar-refractivity contribution < 1.29 is 4.57 Å². The van der Waals surface area contributed by atoms with Crippen molar-refractivity contribution in [1.29, 1.82) is 0 Å². The van der Waals surface area contributed by atoms with Gasteiger partial charge in [-0.05, 0) is 6.26 Å². The molecule has 0 unspecified atom stereocenters. The number of nitrogens with one attached hydrogen (secondary N) is 1. The van der Waals surface area contributed by atoms with E-state index in [2.05, 4.69) is 33.8 Å². The van der Waals surface area contributed by atoms with Crippen LogP contribution in [0, 0.1) is 0 Å². The highest BCUT2D eigenvalue weighted by Gasteiger charge is 2.16. The number of thiazole rings is 1. The number of anilines is 1. The van der Waals surface area contributed by atoms with Gasteiger partial charge in [-0.2, -0.15) is 0 Å². The highest BCUT2D eigenvalue weighted by atomic mass is 32.2. The molecule has 2 heterocycles. The average Bonchev–Trinajstić information content (AvgIpc) is 2.50. The van der Waals surface area contributed by atoms with E-state index in [1.54, 1.807) is 23.1 Å². The molecule has 11 heavy (non-hydrogen) atoms. The first kappa shape index (κ1) is 7.18. The van der Waals surface area contributed by atoms with E-state index in [9.17, 15) is 0 Å². The van der Waals surface area contributed by atoms with Crippen molar-refractivity contribution in [2.24, 2.45) is 0 Å². The van der Waals surface area contributed by atoms with Crippen molar-refractivity contribution in [3.8, 4) is 0 Å². The van der Waals surface area contributed by atoms with Gasteiger partial charge in [-0.1, -0.05) is 23.1 Å². The minimum absolute atomic E-state index is 1.00. The van der Waals surface area contributed by atoms with E-state index in [1.807, 2.05) is 0 Å². The van der Waals surface area contributed by atoms with E-state index in [4.69, 9.17) is 0 Å². The van der Waals surface area contributed by atoms with E-state index in [-0.39, 0.29) is 0 Å². The third-order valence-corrected chi connectivity index (χ3v) is 3.13. The molecule has 2 rings (SSSR count). The Balaban J connectivity index is 2.27. The monoisotopic (exact) mass is 185 g/mol. The molecular formula is C7H9N2S2+. The number of nitrogens with zero attached hydrogens (tertiary/aromatic N) is 1. The highest BCUT2D eigenvalue weighted by molar-refractivity contribution is 8.02. The predicted octanol–water partition coefficient (Wildman–Crippen LogP) is 1.67. The van der Waals surface area contributed by atoms with E-state index < -0.39 is 0 Å². The first-order valence-electron chi connectivity index (χ1n) is 3.38. The van der Waals surface area contributed by atoms with Crippen molar-refractivity contribution in [1.82, 2.24) is 0 Å². The fourth-order valence-corrected chi connectivity index (χ4v) is 2.30. The summed E-state index contributed by atoms with van der Waals surface area (Å²) in [4.78, 5) is 0. The van der Waals surface area contributed by atoms with E-state index in [1.165, 1.54) is 10.2 Å². The normalized spacial score (nSPS) is 15.2. The molecule has 2 nitrogen and oxygen atoms in total. The minimum atomic E-state index is 1.00. The fourth-order valence-electron chi connectivity index (χ4n) is 1.02. The van der Waals surface area contributed by atoms with Crippen LogP contribution in [-0.4, -0.2) is 6.26 Å². The zero-order valence-corrected chi connectivity index (χ0v) is 7.84. The summed E-state index contributed by atoms with van der Waals surface area (Å²) in [5, 5.41) is 7.92. The predicted molar refractivity (Wildman–Crippen MR) is 49.7 cm³/mol. The molecule has 0 aliphatic carbocycles. The van der Waals surface area contributed by atoms with Gasteiger partial charge in [0, 0.05) is 11.5 Å². The first-order valence-corrected chi connectivity index (χ1v) is 5.48. The zero-order valence-electron chi connectivity index (χ0n) is 6.20. The summed E-state index contributed by atoms with van der Waals surface area (Å²) in [6.45, 7) is 1.00. The molecule has 1 N–H and O–H groups in total. The Morgan fingerprint density at radius 1 is 1.73 bits per heavy atom. The van der Waals surface area contributed by atoms with Crippen LogP contribution in [0.1, 0.15) is 0 Å². The maximum absolute atomic E-state index is 3.33. The van der Waals surface area contributed by atoms with Crippen LogP contribution in [-0.2, 0) is 6.54 Å². The zero-order chi connectivity index (χ0) is 7.68. The number of hydrogen-bond donors (Lipinski definition) is 1. The van der Waals surface area contributed by atoms with Gasteiger partial charge in [0.05, 0.1) is 0 Å². The third-order valence-electron chi connectivity index (χ3n) is 1.60. The molecule has 1 aliphatic heterocycles. The summed E-state index contributed by atoms with van der Waals surface area (Å²) in [6.07, 6.45) is 6.38. The smallest absolute Gasteiger partial charge is 0.226 e. The van der Waals surface area contributed by atoms with Gasteiger partial charge in [0.1, 0.15) is 12.7 Å². The lowest BCUT2D eigenvalue weighted by atomic mass is 10.5. The van der Waals surface area contributed by atoms with Crippen molar-refractivity contribution in [3.63, 3.8) is 0 Å². The Morgan fingerprint density at radius 2 is 2.64 bits per heavy atom.